The van der Waals surface area contributed by atoms with Gasteiger partial charge in [-0.25, -0.2) is 0 Å². The summed E-state index contributed by atoms with van der Waals surface area (Å²) in [6, 6.07) is 6.95. The summed E-state index contributed by atoms with van der Waals surface area (Å²) < 4.78 is 0. The number of hydrogen-bond donors (Lipinski definition) is 3. The number of rotatable bonds is 4. The highest BCUT2D eigenvalue weighted by atomic mass is 35.5. The van der Waals surface area contributed by atoms with E-state index in [2.05, 4.69) is 16.2 Å². The third-order valence-electron chi connectivity index (χ3n) is 2.96. The van der Waals surface area contributed by atoms with Crippen LogP contribution in [0.15, 0.2) is 35.7 Å². The highest BCUT2D eigenvalue weighted by molar-refractivity contribution is 7.12. The van der Waals surface area contributed by atoms with Crippen LogP contribution in [0.2, 0.25) is 10.0 Å². The molecular weight excluding hydrogens is 373 g/mol. The Bertz CT molecular complexity index is 765. The Labute approximate surface area is 152 Å². The van der Waals surface area contributed by atoms with Crippen LogP contribution in [0.5, 0.6) is 0 Å². The molecule has 3 N–H and O–H groups in total. The van der Waals surface area contributed by atoms with E-state index in [0.29, 0.717) is 9.90 Å². The molecule has 6 nitrogen and oxygen atoms in total. The van der Waals surface area contributed by atoms with Crippen LogP contribution in [0.3, 0.4) is 0 Å². The van der Waals surface area contributed by atoms with Crippen molar-refractivity contribution in [1.29, 1.82) is 0 Å². The fraction of sp³-hybridized carbons (Fsp3) is 0.133. The molecule has 9 heteroatoms. The smallest absolute Gasteiger partial charge is 0.271 e. The molecule has 0 aliphatic rings. The van der Waals surface area contributed by atoms with Crippen molar-refractivity contribution in [3.8, 4) is 0 Å². The van der Waals surface area contributed by atoms with Gasteiger partial charge in [0.2, 0.25) is 0 Å². The lowest BCUT2D eigenvalue weighted by Gasteiger charge is -2.14. The van der Waals surface area contributed by atoms with Gasteiger partial charge in [0, 0.05) is 5.02 Å². The Morgan fingerprint density at radius 2 is 1.83 bits per heavy atom. The van der Waals surface area contributed by atoms with Crippen LogP contribution >= 0.6 is 34.5 Å². The summed E-state index contributed by atoms with van der Waals surface area (Å²) >= 11 is 13.0. The maximum absolute atomic E-state index is 12.0. The van der Waals surface area contributed by atoms with Gasteiger partial charge in [-0.3, -0.25) is 25.2 Å². The summed E-state index contributed by atoms with van der Waals surface area (Å²) in [5, 5.41) is 4.83. The van der Waals surface area contributed by atoms with Gasteiger partial charge >= 0.3 is 0 Å². The Morgan fingerprint density at radius 1 is 1.08 bits per heavy atom. The fourth-order valence-electron chi connectivity index (χ4n) is 1.71. The van der Waals surface area contributed by atoms with Crippen molar-refractivity contribution in [1.82, 2.24) is 16.2 Å². The zero-order valence-corrected chi connectivity index (χ0v) is 14.8. The van der Waals surface area contributed by atoms with Gasteiger partial charge in [-0.05, 0) is 36.6 Å². The number of carbonyl (C=O) groups excluding carboxylic acids is 3. The van der Waals surface area contributed by atoms with Crippen molar-refractivity contribution in [2.75, 3.05) is 0 Å². The summed E-state index contributed by atoms with van der Waals surface area (Å²) in [7, 11) is 0. The van der Waals surface area contributed by atoms with Crippen LogP contribution in [0.4, 0.5) is 0 Å². The molecule has 1 heterocycles. The van der Waals surface area contributed by atoms with Crippen LogP contribution in [0, 0.1) is 0 Å². The molecule has 0 fully saturated rings. The standard InChI is InChI=1S/C15H13Cl2N3O3S/c1-8(18-15(23)12-3-2-6-24-12)13(21)19-20-14(22)10-7-9(16)4-5-11(10)17/h2-8H,1H3,(H,18,23)(H,19,21)(H,20,22). The highest BCUT2D eigenvalue weighted by Crippen LogP contribution is 2.20. The number of carbonyl (C=O) groups is 3. The van der Waals surface area contributed by atoms with Gasteiger partial charge in [0.1, 0.15) is 6.04 Å². The van der Waals surface area contributed by atoms with Crippen molar-refractivity contribution >= 4 is 52.3 Å². The molecule has 126 valence electrons. The number of benzene rings is 1. The lowest BCUT2D eigenvalue weighted by molar-refractivity contribution is -0.123. The predicted molar refractivity (Wildman–Crippen MR) is 93.3 cm³/mol. The molecular formula is C15H13Cl2N3O3S. The summed E-state index contributed by atoms with van der Waals surface area (Å²) in [5.74, 6) is -1.56. The summed E-state index contributed by atoms with van der Waals surface area (Å²) in [5.41, 5.74) is 4.58. The maximum Gasteiger partial charge on any atom is 0.271 e. The fourth-order valence-corrected chi connectivity index (χ4v) is 2.71. The number of amides is 3. The Kier molecular flexibility index (Phi) is 6.19. The lowest BCUT2D eigenvalue weighted by atomic mass is 10.2. The second kappa shape index (κ2) is 8.14. The van der Waals surface area contributed by atoms with Crippen LogP contribution < -0.4 is 16.2 Å². The first-order valence-corrected chi connectivity index (χ1v) is 8.41. The third-order valence-corrected chi connectivity index (χ3v) is 4.39. The zero-order valence-electron chi connectivity index (χ0n) is 12.4. The Hall–Kier alpha value is -2.09. The zero-order chi connectivity index (χ0) is 17.7. The minimum atomic E-state index is -0.838. The summed E-state index contributed by atoms with van der Waals surface area (Å²) in [6.45, 7) is 1.50. The highest BCUT2D eigenvalue weighted by Gasteiger charge is 2.18. The molecule has 0 radical (unpaired) electrons. The summed E-state index contributed by atoms with van der Waals surface area (Å²) in [4.78, 5) is 36.3. The van der Waals surface area contributed by atoms with Crippen LogP contribution in [-0.2, 0) is 4.79 Å². The van der Waals surface area contributed by atoms with E-state index in [0.717, 1.165) is 0 Å². The molecule has 0 aliphatic carbocycles. The van der Waals surface area contributed by atoms with Crippen molar-refractivity contribution < 1.29 is 14.4 Å². The molecule has 0 saturated carbocycles. The molecule has 2 rings (SSSR count). The van der Waals surface area contributed by atoms with E-state index in [1.165, 1.54) is 30.4 Å². The van der Waals surface area contributed by atoms with E-state index >= 15 is 0 Å². The molecule has 0 bridgehead atoms. The van der Waals surface area contributed by atoms with Crippen LogP contribution in [-0.4, -0.2) is 23.8 Å². The Morgan fingerprint density at radius 3 is 2.50 bits per heavy atom. The van der Waals surface area contributed by atoms with Crippen molar-refractivity contribution in [3.05, 3.63) is 56.2 Å². The van der Waals surface area contributed by atoms with Crippen molar-refractivity contribution in [3.63, 3.8) is 0 Å². The monoisotopic (exact) mass is 385 g/mol. The van der Waals surface area contributed by atoms with E-state index in [9.17, 15) is 14.4 Å². The van der Waals surface area contributed by atoms with Gasteiger partial charge < -0.3 is 5.32 Å². The normalized spacial score (nSPS) is 11.5. The molecule has 1 aromatic carbocycles. The van der Waals surface area contributed by atoms with Crippen molar-refractivity contribution in [2.24, 2.45) is 0 Å². The number of hydrogen-bond acceptors (Lipinski definition) is 4. The SMILES string of the molecule is CC(NC(=O)c1cccs1)C(=O)NNC(=O)c1cc(Cl)ccc1Cl. The predicted octanol–water partition coefficient (Wildman–Crippen LogP) is 2.63. The molecule has 0 spiro atoms. The minimum absolute atomic E-state index is 0.125. The van der Waals surface area contributed by atoms with Gasteiger partial charge in [0.25, 0.3) is 17.7 Å². The topological polar surface area (TPSA) is 87.3 Å². The van der Waals surface area contributed by atoms with Gasteiger partial charge in [0.05, 0.1) is 15.5 Å². The summed E-state index contributed by atoms with van der Waals surface area (Å²) in [6.07, 6.45) is 0. The molecule has 0 saturated heterocycles. The van der Waals surface area contributed by atoms with Crippen molar-refractivity contribution in [2.45, 2.75) is 13.0 Å². The third kappa shape index (κ3) is 4.70. The first kappa shape index (κ1) is 18.3. The number of nitrogens with one attached hydrogen (secondary N) is 3. The van der Waals surface area contributed by atoms with Gasteiger partial charge in [0.15, 0.2) is 0 Å². The van der Waals surface area contributed by atoms with Gasteiger partial charge in [-0.1, -0.05) is 29.3 Å². The molecule has 3 amide bonds. The Balaban J connectivity index is 1.89. The van der Waals surface area contributed by atoms with E-state index in [1.54, 1.807) is 23.6 Å². The van der Waals surface area contributed by atoms with Gasteiger partial charge in [-0.15, -0.1) is 11.3 Å². The van der Waals surface area contributed by atoms with Crippen LogP contribution in [0.25, 0.3) is 0 Å². The molecule has 1 atom stereocenters. The average molecular weight is 386 g/mol. The van der Waals surface area contributed by atoms with E-state index in [-0.39, 0.29) is 16.5 Å². The number of halogens is 2. The molecule has 1 unspecified atom stereocenters. The molecule has 0 aliphatic heterocycles. The van der Waals surface area contributed by atoms with E-state index in [1.807, 2.05) is 0 Å². The first-order valence-electron chi connectivity index (χ1n) is 6.78. The second-order valence-electron chi connectivity index (χ2n) is 4.74. The minimum Gasteiger partial charge on any atom is -0.340 e. The quantitative estimate of drug-likeness (QED) is 0.706. The molecule has 24 heavy (non-hydrogen) atoms. The first-order chi connectivity index (χ1) is 11.4. The number of thiophene rings is 1. The maximum atomic E-state index is 12.0. The largest absolute Gasteiger partial charge is 0.340 e. The van der Waals surface area contributed by atoms with Crippen LogP contribution in [0.1, 0.15) is 27.0 Å². The molecule has 1 aromatic heterocycles. The van der Waals surface area contributed by atoms with Gasteiger partial charge in [-0.2, -0.15) is 0 Å². The number of hydrazine groups is 1. The van der Waals surface area contributed by atoms with E-state index < -0.39 is 17.9 Å². The average Bonchev–Trinajstić information content (AvgIpc) is 3.09. The second-order valence-corrected chi connectivity index (χ2v) is 6.53. The van der Waals surface area contributed by atoms with E-state index in [4.69, 9.17) is 23.2 Å². The lowest BCUT2D eigenvalue weighted by Crippen LogP contribution is -2.51. The molecule has 2 aromatic rings.